The van der Waals surface area contributed by atoms with Crippen LogP contribution in [0.1, 0.15) is 69.9 Å². The summed E-state index contributed by atoms with van der Waals surface area (Å²) in [6, 6.07) is 0.286. The maximum atomic E-state index is 12.6. The van der Waals surface area contributed by atoms with Gasteiger partial charge in [-0.3, -0.25) is 9.59 Å². The van der Waals surface area contributed by atoms with Gasteiger partial charge in [-0.1, -0.05) is 13.8 Å². The lowest BCUT2D eigenvalue weighted by Gasteiger charge is -2.37. The fraction of sp³-hybridized carbons (Fsp3) is 0.762. The predicted octanol–water partition coefficient (Wildman–Crippen LogP) is 2.13. The third kappa shape index (κ3) is 4.98. The monoisotopic (exact) mass is 406 g/mol. The Labute approximate surface area is 172 Å². The van der Waals surface area contributed by atoms with Crippen molar-refractivity contribution in [3.63, 3.8) is 0 Å². The van der Waals surface area contributed by atoms with E-state index in [1.807, 2.05) is 20.8 Å². The third-order valence-corrected chi connectivity index (χ3v) is 5.96. The Bertz CT molecular complexity index is 718. The molecule has 0 radical (unpaired) electrons. The van der Waals surface area contributed by atoms with Crippen LogP contribution in [0.4, 0.5) is 0 Å². The van der Waals surface area contributed by atoms with Crippen LogP contribution in [-0.2, 0) is 9.53 Å². The van der Waals surface area contributed by atoms with E-state index in [2.05, 4.69) is 34.4 Å². The molecule has 2 fully saturated rings. The van der Waals surface area contributed by atoms with E-state index in [9.17, 15) is 9.59 Å². The molecule has 1 atom stereocenters. The summed E-state index contributed by atoms with van der Waals surface area (Å²) in [6.07, 6.45) is 3.24. The van der Waals surface area contributed by atoms with Crippen molar-refractivity contribution in [3.8, 4) is 0 Å². The van der Waals surface area contributed by atoms with E-state index in [4.69, 9.17) is 9.15 Å². The van der Waals surface area contributed by atoms with E-state index in [0.29, 0.717) is 25.1 Å². The van der Waals surface area contributed by atoms with Gasteiger partial charge in [-0.25, -0.2) is 4.98 Å². The molecule has 0 aromatic carbocycles. The van der Waals surface area contributed by atoms with Crippen LogP contribution < -0.4 is 10.6 Å². The van der Waals surface area contributed by atoms with Crippen molar-refractivity contribution in [2.45, 2.75) is 65.6 Å². The zero-order chi connectivity index (χ0) is 21.2. The van der Waals surface area contributed by atoms with Gasteiger partial charge in [0.15, 0.2) is 5.69 Å². The zero-order valence-electron chi connectivity index (χ0n) is 18.2. The van der Waals surface area contributed by atoms with E-state index in [1.54, 1.807) is 0 Å². The first-order valence-electron chi connectivity index (χ1n) is 10.6. The van der Waals surface area contributed by atoms with E-state index in [0.717, 1.165) is 25.9 Å². The number of piperidine rings is 1. The average Bonchev–Trinajstić information content (AvgIpc) is 3.14. The van der Waals surface area contributed by atoms with Crippen LogP contribution in [0.15, 0.2) is 10.7 Å². The Balaban J connectivity index is 1.59. The molecule has 0 bridgehead atoms. The number of nitrogens with one attached hydrogen (secondary N) is 2. The Kier molecular flexibility index (Phi) is 6.63. The molecule has 2 aliphatic rings. The predicted molar refractivity (Wildman–Crippen MR) is 108 cm³/mol. The van der Waals surface area contributed by atoms with Gasteiger partial charge >= 0.3 is 0 Å². The molecule has 0 unspecified atom stereocenters. The summed E-state index contributed by atoms with van der Waals surface area (Å²) in [7, 11) is 0. The molecular formula is C21H34N4O4. The summed E-state index contributed by atoms with van der Waals surface area (Å²) < 4.78 is 10.8. The highest BCUT2D eigenvalue weighted by molar-refractivity contribution is 5.92. The number of aromatic nitrogens is 1. The minimum atomic E-state index is -0.509. The SMILES string of the molecule is CC(C)[C@H](NC(=O)C1(C)COC1)c1nc(C(=O)NC2CCN(C(C)C)CC2)co1. The van der Waals surface area contributed by atoms with Crippen molar-refractivity contribution in [1.29, 1.82) is 0 Å². The number of nitrogens with zero attached hydrogens (tertiary/aromatic N) is 2. The first-order chi connectivity index (χ1) is 13.7. The molecular weight excluding hydrogens is 372 g/mol. The summed E-state index contributed by atoms with van der Waals surface area (Å²) >= 11 is 0. The second-order valence-corrected chi connectivity index (χ2v) is 9.20. The fourth-order valence-corrected chi connectivity index (χ4v) is 3.72. The van der Waals surface area contributed by atoms with Crippen LogP contribution in [-0.4, -0.2) is 60.1 Å². The number of carbonyl (C=O) groups is 2. The molecule has 2 aliphatic heterocycles. The summed E-state index contributed by atoms with van der Waals surface area (Å²) in [5.74, 6) is 0.121. The fourth-order valence-electron chi connectivity index (χ4n) is 3.72. The van der Waals surface area contributed by atoms with E-state index < -0.39 is 11.5 Å². The van der Waals surface area contributed by atoms with Gasteiger partial charge < -0.3 is 24.7 Å². The number of oxazole rings is 1. The van der Waals surface area contributed by atoms with Gasteiger partial charge in [0, 0.05) is 25.2 Å². The molecule has 162 valence electrons. The lowest BCUT2D eigenvalue weighted by atomic mass is 9.87. The van der Waals surface area contributed by atoms with E-state index >= 15 is 0 Å². The number of amides is 2. The first-order valence-corrected chi connectivity index (χ1v) is 10.6. The molecule has 1 aromatic heterocycles. The molecule has 2 amide bonds. The minimum absolute atomic E-state index is 0.0680. The Morgan fingerprint density at radius 1 is 1.21 bits per heavy atom. The highest BCUT2D eigenvalue weighted by atomic mass is 16.5. The molecule has 0 spiro atoms. The van der Waals surface area contributed by atoms with Gasteiger partial charge in [-0.15, -0.1) is 0 Å². The lowest BCUT2D eigenvalue weighted by Crippen LogP contribution is -2.53. The molecule has 29 heavy (non-hydrogen) atoms. The van der Waals surface area contributed by atoms with Crippen LogP contribution in [0.5, 0.6) is 0 Å². The zero-order valence-corrected chi connectivity index (χ0v) is 18.2. The number of carbonyl (C=O) groups excluding carboxylic acids is 2. The van der Waals surface area contributed by atoms with Crippen molar-refractivity contribution in [1.82, 2.24) is 20.5 Å². The molecule has 8 heteroatoms. The number of ether oxygens (including phenoxy) is 1. The summed E-state index contributed by atoms with van der Waals surface area (Å²) in [5, 5.41) is 6.08. The van der Waals surface area contributed by atoms with Crippen LogP contribution in [0.3, 0.4) is 0 Å². The highest BCUT2D eigenvalue weighted by Gasteiger charge is 2.42. The average molecular weight is 407 g/mol. The summed E-state index contributed by atoms with van der Waals surface area (Å²) in [4.78, 5) is 32.0. The van der Waals surface area contributed by atoms with Crippen LogP contribution in [0.2, 0.25) is 0 Å². The molecule has 3 rings (SSSR count). The van der Waals surface area contributed by atoms with Crippen LogP contribution in [0.25, 0.3) is 0 Å². The maximum Gasteiger partial charge on any atom is 0.273 e. The van der Waals surface area contributed by atoms with Crippen LogP contribution >= 0.6 is 0 Å². The topological polar surface area (TPSA) is 96.7 Å². The van der Waals surface area contributed by atoms with Gasteiger partial charge in [0.05, 0.1) is 18.6 Å². The second-order valence-electron chi connectivity index (χ2n) is 9.20. The molecule has 2 saturated heterocycles. The van der Waals surface area contributed by atoms with Gasteiger partial charge in [0.25, 0.3) is 5.91 Å². The number of hydrogen-bond donors (Lipinski definition) is 2. The van der Waals surface area contributed by atoms with E-state index in [-0.39, 0.29) is 29.5 Å². The Morgan fingerprint density at radius 2 is 1.86 bits per heavy atom. The highest BCUT2D eigenvalue weighted by Crippen LogP contribution is 2.29. The van der Waals surface area contributed by atoms with Gasteiger partial charge in [0.2, 0.25) is 11.8 Å². The van der Waals surface area contributed by atoms with Crippen molar-refractivity contribution in [3.05, 3.63) is 17.8 Å². The van der Waals surface area contributed by atoms with Crippen molar-refractivity contribution >= 4 is 11.8 Å². The third-order valence-electron chi connectivity index (χ3n) is 5.96. The Hall–Kier alpha value is -1.93. The van der Waals surface area contributed by atoms with Gasteiger partial charge in [0.1, 0.15) is 12.3 Å². The summed E-state index contributed by atoms with van der Waals surface area (Å²) in [6.45, 7) is 13.0. The molecule has 1 aromatic rings. The minimum Gasteiger partial charge on any atom is -0.446 e. The number of rotatable bonds is 7. The largest absolute Gasteiger partial charge is 0.446 e. The van der Waals surface area contributed by atoms with Crippen molar-refractivity contribution in [2.24, 2.45) is 11.3 Å². The lowest BCUT2D eigenvalue weighted by molar-refractivity contribution is -0.158. The van der Waals surface area contributed by atoms with Gasteiger partial charge in [-0.2, -0.15) is 0 Å². The standard InChI is InChI=1S/C21H34N4O4/c1-13(2)17(24-20(27)21(5)11-28-12-21)19-23-16(10-29-19)18(26)22-15-6-8-25(9-7-15)14(3)4/h10,13-15,17H,6-9,11-12H2,1-5H3,(H,22,26)(H,24,27)/t17-/m0/s1. The second kappa shape index (κ2) is 8.83. The van der Waals surface area contributed by atoms with E-state index in [1.165, 1.54) is 6.26 Å². The van der Waals surface area contributed by atoms with Crippen molar-refractivity contribution < 1.29 is 18.7 Å². The maximum absolute atomic E-state index is 12.6. The molecule has 0 aliphatic carbocycles. The molecule has 3 heterocycles. The summed E-state index contributed by atoms with van der Waals surface area (Å²) in [5.41, 5.74) is -0.255. The normalized spacial score (nSPS) is 21.1. The number of likely N-dealkylation sites (tertiary alicyclic amines) is 1. The van der Waals surface area contributed by atoms with Crippen LogP contribution in [0, 0.1) is 11.3 Å². The quantitative estimate of drug-likeness (QED) is 0.720. The van der Waals surface area contributed by atoms with Crippen molar-refractivity contribution in [2.75, 3.05) is 26.3 Å². The first kappa shape index (κ1) is 21.8. The molecule has 0 saturated carbocycles. The molecule has 2 N–H and O–H groups in total. The molecule has 8 nitrogen and oxygen atoms in total. The van der Waals surface area contributed by atoms with Gasteiger partial charge in [-0.05, 0) is 39.5 Å². The Morgan fingerprint density at radius 3 is 2.38 bits per heavy atom. The number of hydrogen-bond acceptors (Lipinski definition) is 6. The smallest absolute Gasteiger partial charge is 0.273 e.